The van der Waals surface area contributed by atoms with E-state index in [1.165, 1.54) is 0 Å². The number of halogens is 2. The lowest BCUT2D eigenvalue weighted by Gasteiger charge is -2.09. The second-order valence-electron chi connectivity index (χ2n) is 4.43. The molecule has 0 saturated carbocycles. The molecule has 0 saturated heterocycles. The van der Waals surface area contributed by atoms with Crippen LogP contribution in [0.1, 0.15) is 33.4 Å². The minimum atomic E-state index is 0.588. The third-order valence-corrected chi connectivity index (χ3v) is 3.04. The van der Waals surface area contributed by atoms with Crippen molar-refractivity contribution >= 4 is 28.8 Å². The van der Waals surface area contributed by atoms with Crippen LogP contribution in [0.25, 0.3) is 11.3 Å². The Bertz CT molecular complexity index is 634. The van der Waals surface area contributed by atoms with E-state index in [4.69, 9.17) is 23.2 Å². The zero-order valence-corrected chi connectivity index (χ0v) is 14.3. The number of benzene rings is 1. The van der Waals surface area contributed by atoms with Crippen LogP contribution in [0.15, 0.2) is 48.7 Å². The van der Waals surface area contributed by atoms with Gasteiger partial charge in [-0.3, -0.25) is 0 Å². The lowest BCUT2D eigenvalue weighted by Crippen LogP contribution is -2.00. The normalized spacial score (nSPS) is 10.9. The molecule has 0 unspecified atom stereocenters. The third-order valence-electron chi connectivity index (χ3n) is 2.60. The topological polar surface area (TPSA) is 17.8 Å². The van der Waals surface area contributed by atoms with E-state index in [1.54, 1.807) is 12.3 Å². The highest BCUT2D eigenvalue weighted by Gasteiger charge is 2.08. The molecule has 2 nitrogen and oxygen atoms in total. The molecule has 0 bridgehead atoms. The third kappa shape index (κ3) is 4.76. The van der Waals surface area contributed by atoms with Crippen LogP contribution in [0.3, 0.4) is 0 Å². The highest BCUT2D eigenvalue weighted by Crippen LogP contribution is 2.24. The molecular formula is C17H20Cl2N2. The van der Waals surface area contributed by atoms with Gasteiger partial charge in [0.25, 0.3) is 0 Å². The summed E-state index contributed by atoms with van der Waals surface area (Å²) < 4.78 is 1.81. The standard InChI is InChI=1S/C15H14Cl2N2.C2H6/c1-10(2)6-11(3)15-4-5-18-19(15)14-8-12(16)7-13(17)9-14;1-2/h4-9H,1H2,2-3H3;1-2H3/b11-6+;. The van der Waals surface area contributed by atoms with E-state index in [0.717, 1.165) is 22.5 Å². The van der Waals surface area contributed by atoms with Crippen LogP contribution in [0.4, 0.5) is 0 Å². The van der Waals surface area contributed by atoms with E-state index in [2.05, 4.69) is 11.7 Å². The number of rotatable bonds is 3. The Balaban J connectivity index is 0.00000106. The van der Waals surface area contributed by atoms with Gasteiger partial charge in [-0.2, -0.15) is 5.10 Å². The van der Waals surface area contributed by atoms with Gasteiger partial charge < -0.3 is 0 Å². The van der Waals surface area contributed by atoms with Gasteiger partial charge in [-0.05, 0) is 43.7 Å². The molecule has 2 rings (SSSR count). The minimum Gasteiger partial charge on any atom is -0.233 e. The van der Waals surface area contributed by atoms with Crippen LogP contribution < -0.4 is 0 Å². The number of allylic oxidation sites excluding steroid dienone is 3. The van der Waals surface area contributed by atoms with Gasteiger partial charge in [-0.15, -0.1) is 0 Å². The fourth-order valence-corrected chi connectivity index (χ4v) is 2.43. The predicted molar refractivity (Wildman–Crippen MR) is 93.4 cm³/mol. The van der Waals surface area contributed by atoms with E-state index in [1.807, 2.05) is 56.7 Å². The monoisotopic (exact) mass is 322 g/mol. The largest absolute Gasteiger partial charge is 0.233 e. The molecule has 21 heavy (non-hydrogen) atoms. The Morgan fingerprint density at radius 3 is 2.24 bits per heavy atom. The van der Waals surface area contributed by atoms with E-state index >= 15 is 0 Å². The molecule has 0 N–H and O–H groups in total. The molecule has 1 aromatic carbocycles. The summed E-state index contributed by atoms with van der Waals surface area (Å²) >= 11 is 12.1. The van der Waals surface area contributed by atoms with Gasteiger partial charge in [0.2, 0.25) is 0 Å². The average Bonchev–Trinajstić information content (AvgIpc) is 2.88. The van der Waals surface area contributed by atoms with Gasteiger partial charge in [0.05, 0.1) is 17.6 Å². The van der Waals surface area contributed by atoms with Crippen molar-refractivity contribution in [1.82, 2.24) is 9.78 Å². The molecule has 0 fully saturated rings. The second-order valence-corrected chi connectivity index (χ2v) is 5.30. The Morgan fingerprint density at radius 1 is 1.14 bits per heavy atom. The summed E-state index contributed by atoms with van der Waals surface area (Å²) in [5.41, 5.74) is 3.91. The molecule has 0 spiro atoms. The van der Waals surface area contributed by atoms with Crippen molar-refractivity contribution in [2.24, 2.45) is 0 Å². The molecule has 0 aliphatic carbocycles. The van der Waals surface area contributed by atoms with Crippen LogP contribution in [0.5, 0.6) is 0 Å². The van der Waals surface area contributed by atoms with Gasteiger partial charge in [0.15, 0.2) is 0 Å². The molecule has 0 amide bonds. The summed E-state index contributed by atoms with van der Waals surface area (Å²) in [6.07, 6.45) is 3.76. The van der Waals surface area contributed by atoms with Crippen molar-refractivity contribution in [1.29, 1.82) is 0 Å². The molecule has 112 valence electrons. The van der Waals surface area contributed by atoms with Crippen LogP contribution in [-0.2, 0) is 0 Å². The van der Waals surface area contributed by atoms with Gasteiger partial charge in [-0.1, -0.05) is 55.3 Å². The fourth-order valence-electron chi connectivity index (χ4n) is 1.91. The first-order valence-electron chi connectivity index (χ1n) is 6.82. The summed E-state index contributed by atoms with van der Waals surface area (Å²) in [6.45, 7) is 11.9. The van der Waals surface area contributed by atoms with Crippen molar-refractivity contribution in [3.8, 4) is 5.69 Å². The predicted octanol–water partition coefficient (Wildman–Crippen LogP) is 6.18. The van der Waals surface area contributed by atoms with Crippen molar-refractivity contribution in [3.05, 3.63) is 64.4 Å². The van der Waals surface area contributed by atoms with Crippen LogP contribution in [0, 0.1) is 0 Å². The number of hydrogen-bond donors (Lipinski definition) is 0. The number of hydrogen-bond acceptors (Lipinski definition) is 1. The van der Waals surface area contributed by atoms with E-state index in [-0.39, 0.29) is 0 Å². The summed E-state index contributed by atoms with van der Waals surface area (Å²) in [6, 6.07) is 7.31. The molecule has 1 heterocycles. The average molecular weight is 323 g/mol. The molecule has 2 aromatic rings. The first-order valence-corrected chi connectivity index (χ1v) is 7.57. The lowest BCUT2D eigenvalue weighted by atomic mass is 10.1. The molecule has 0 radical (unpaired) electrons. The number of nitrogens with zero attached hydrogens (tertiary/aromatic N) is 2. The molecule has 1 aromatic heterocycles. The van der Waals surface area contributed by atoms with Crippen molar-refractivity contribution in [3.63, 3.8) is 0 Å². The highest BCUT2D eigenvalue weighted by molar-refractivity contribution is 6.34. The van der Waals surface area contributed by atoms with E-state index in [0.29, 0.717) is 10.0 Å². The van der Waals surface area contributed by atoms with Crippen LogP contribution in [0.2, 0.25) is 10.0 Å². The lowest BCUT2D eigenvalue weighted by molar-refractivity contribution is 0.866. The van der Waals surface area contributed by atoms with Gasteiger partial charge in [0, 0.05) is 10.0 Å². The first kappa shape index (κ1) is 17.5. The zero-order valence-electron chi connectivity index (χ0n) is 12.8. The van der Waals surface area contributed by atoms with Crippen molar-refractivity contribution < 1.29 is 0 Å². The fraction of sp³-hybridized carbons (Fsp3) is 0.235. The SMILES string of the molecule is C=C(C)/C=C(\C)c1ccnn1-c1cc(Cl)cc(Cl)c1.CC. The zero-order chi connectivity index (χ0) is 16.0. The summed E-state index contributed by atoms with van der Waals surface area (Å²) in [5.74, 6) is 0. The maximum Gasteiger partial charge on any atom is 0.0697 e. The summed E-state index contributed by atoms with van der Waals surface area (Å²) in [5, 5.41) is 5.50. The molecule has 0 aliphatic rings. The first-order chi connectivity index (χ1) is 9.97. The van der Waals surface area contributed by atoms with Crippen LogP contribution in [-0.4, -0.2) is 9.78 Å². The van der Waals surface area contributed by atoms with E-state index < -0.39 is 0 Å². The van der Waals surface area contributed by atoms with Gasteiger partial charge >= 0.3 is 0 Å². The van der Waals surface area contributed by atoms with Crippen molar-refractivity contribution in [2.45, 2.75) is 27.7 Å². The quantitative estimate of drug-likeness (QED) is 0.616. The number of aromatic nitrogens is 2. The van der Waals surface area contributed by atoms with Gasteiger partial charge in [0.1, 0.15) is 0 Å². The Hall–Kier alpha value is -1.51. The molecule has 0 atom stereocenters. The van der Waals surface area contributed by atoms with Gasteiger partial charge in [-0.25, -0.2) is 4.68 Å². The Morgan fingerprint density at radius 2 is 1.71 bits per heavy atom. The minimum absolute atomic E-state index is 0.588. The Labute approximate surface area is 136 Å². The molecule has 4 heteroatoms. The maximum absolute atomic E-state index is 6.03. The van der Waals surface area contributed by atoms with Crippen molar-refractivity contribution in [2.75, 3.05) is 0 Å². The Kier molecular flexibility index (Phi) is 6.73. The molecule has 0 aliphatic heterocycles. The second kappa shape index (κ2) is 8.06. The maximum atomic E-state index is 6.03. The smallest absolute Gasteiger partial charge is 0.0697 e. The van der Waals surface area contributed by atoms with E-state index in [9.17, 15) is 0 Å². The summed E-state index contributed by atoms with van der Waals surface area (Å²) in [4.78, 5) is 0. The molecular weight excluding hydrogens is 303 g/mol. The van der Waals surface area contributed by atoms with Crippen LogP contribution >= 0.6 is 23.2 Å². The summed E-state index contributed by atoms with van der Waals surface area (Å²) in [7, 11) is 0. The highest BCUT2D eigenvalue weighted by atomic mass is 35.5.